The third-order valence-electron chi connectivity index (χ3n) is 5.10. The SMILES string of the molecule is COc1cc2c(c(OC)c1OC)-c1ccc(OC)c(=O)cc1[C@@H](NC(C)=O)CC2.Cl.Cl. The second-order valence-corrected chi connectivity index (χ2v) is 6.75. The van der Waals surface area contributed by atoms with E-state index >= 15 is 0 Å². The molecule has 0 unspecified atom stereocenters. The number of rotatable bonds is 5. The molecule has 1 amide bonds. The Morgan fingerprint density at radius 2 is 1.58 bits per heavy atom. The van der Waals surface area contributed by atoms with Crippen LogP contribution in [0, 0.1) is 0 Å². The maximum absolute atomic E-state index is 12.6. The van der Waals surface area contributed by atoms with Gasteiger partial charge in [-0.15, -0.1) is 24.8 Å². The van der Waals surface area contributed by atoms with Crippen LogP contribution in [0.1, 0.15) is 30.5 Å². The molecule has 0 bridgehead atoms. The van der Waals surface area contributed by atoms with Gasteiger partial charge in [-0.3, -0.25) is 9.59 Å². The normalized spacial score (nSPS) is 13.8. The van der Waals surface area contributed by atoms with Crippen molar-refractivity contribution in [3.63, 3.8) is 0 Å². The molecule has 0 heterocycles. The fourth-order valence-electron chi connectivity index (χ4n) is 3.86. The number of hydrogen-bond donors (Lipinski definition) is 1. The number of amides is 1. The molecule has 1 aliphatic rings. The number of fused-ring (bicyclic) bond motifs is 3. The van der Waals surface area contributed by atoms with Gasteiger partial charge in [-0.05, 0) is 47.7 Å². The van der Waals surface area contributed by atoms with Gasteiger partial charge in [0.15, 0.2) is 17.2 Å². The van der Waals surface area contributed by atoms with Gasteiger partial charge in [-0.1, -0.05) is 6.07 Å². The van der Waals surface area contributed by atoms with Crippen molar-refractivity contribution < 1.29 is 23.7 Å². The van der Waals surface area contributed by atoms with Crippen molar-refractivity contribution in [2.24, 2.45) is 0 Å². The molecule has 9 heteroatoms. The minimum Gasteiger partial charge on any atom is -0.493 e. The van der Waals surface area contributed by atoms with Gasteiger partial charge in [0.1, 0.15) is 0 Å². The standard InChI is InChI=1S/C22H25NO6.2ClH/c1-12(24)23-16-8-6-13-10-19(27-3)21(28-4)22(29-5)20(13)14-7-9-18(26-2)17(25)11-15(14)16;;/h7,9-11,16H,6,8H2,1-5H3,(H,23,24);2*1H/t16-;;/m0../s1. The molecule has 0 saturated heterocycles. The minimum absolute atomic E-state index is 0. The van der Waals surface area contributed by atoms with Gasteiger partial charge in [-0.2, -0.15) is 0 Å². The van der Waals surface area contributed by atoms with Crippen LogP contribution in [-0.2, 0) is 11.2 Å². The summed E-state index contributed by atoms with van der Waals surface area (Å²) < 4.78 is 22.0. The summed E-state index contributed by atoms with van der Waals surface area (Å²) in [4.78, 5) is 24.5. The van der Waals surface area contributed by atoms with Crippen LogP contribution >= 0.6 is 24.8 Å². The Morgan fingerprint density at radius 3 is 2.13 bits per heavy atom. The predicted molar refractivity (Wildman–Crippen MR) is 124 cm³/mol. The van der Waals surface area contributed by atoms with Crippen molar-refractivity contribution in [3.8, 4) is 34.1 Å². The summed E-state index contributed by atoms with van der Waals surface area (Å²) in [7, 11) is 6.14. The van der Waals surface area contributed by atoms with Crippen molar-refractivity contribution in [2.75, 3.05) is 28.4 Å². The van der Waals surface area contributed by atoms with Crippen LogP contribution in [0.4, 0.5) is 0 Å². The summed E-state index contributed by atoms with van der Waals surface area (Å²) in [5.74, 6) is 1.60. The van der Waals surface area contributed by atoms with Crippen LogP contribution < -0.4 is 29.7 Å². The molecule has 170 valence electrons. The van der Waals surface area contributed by atoms with Crippen molar-refractivity contribution >= 4 is 30.7 Å². The van der Waals surface area contributed by atoms with Crippen LogP contribution in [-0.4, -0.2) is 34.3 Å². The zero-order valence-electron chi connectivity index (χ0n) is 18.1. The number of carbonyl (C=O) groups excluding carboxylic acids is 1. The quantitative estimate of drug-likeness (QED) is 0.715. The number of aryl methyl sites for hydroxylation is 1. The summed E-state index contributed by atoms with van der Waals surface area (Å²) >= 11 is 0. The Kier molecular flexibility index (Phi) is 9.46. The smallest absolute Gasteiger partial charge is 0.220 e. The predicted octanol–water partition coefficient (Wildman–Crippen LogP) is 3.72. The number of benzene rings is 1. The molecule has 0 radical (unpaired) electrons. The second-order valence-electron chi connectivity index (χ2n) is 6.75. The summed E-state index contributed by atoms with van der Waals surface area (Å²) in [6, 6.07) is 6.57. The van der Waals surface area contributed by atoms with Gasteiger partial charge >= 0.3 is 0 Å². The average Bonchev–Trinajstić information content (AvgIpc) is 2.95. The molecule has 31 heavy (non-hydrogen) atoms. The third-order valence-corrected chi connectivity index (χ3v) is 5.10. The van der Waals surface area contributed by atoms with E-state index in [-0.39, 0.29) is 47.9 Å². The molecule has 2 aromatic rings. The lowest BCUT2D eigenvalue weighted by Gasteiger charge is -2.19. The van der Waals surface area contributed by atoms with Crippen molar-refractivity contribution in [1.29, 1.82) is 0 Å². The highest BCUT2D eigenvalue weighted by Gasteiger charge is 2.29. The van der Waals surface area contributed by atoms with Crippen molar-refractivity contribution in [3.05, 3.63) is 45.6 Å². The molecule has 2 aromatic carbocycles. The first kappa shape index (κ1) is 26.4. The second kappa shape index (κ2) is 11.1. The molecular weight excluding hydrogens is 445 g/mol. The Bertz CT molecular complexity index is 1010. The van der Waals surface area contributed by atoms with E-state index in [2.05, 4.69) is 5.32 Å². The summed E-state index contributed by atoms with van der Waals surface area (Å²) in [6.45, 7) is 1.46. The van der Waals surface area contributed by atoms with Crippen LogP contribution in [0.3, 0.4) is 0 Å². The van der Waals surface area contributed by atoms with Gasteiger partial charge in [0.05, 0.1) is 34.5 Å². The Hall–Kier alpha value is -2.64. The first-order chi connectivity index (χ1) is 13.9. The third kappa shape index (κ3) is 4.99. The minimum atomic E-state index is -0.332. The number of hydrogen-bond acceptors (Lipinski definition) is 6. The average molecular weight is 472 g/mol. The van der Waals surface area contributed by atoms with E-state index in [4.69, 9.17) is 18.9 Å². The van der Waals surface area contributed by atoms with Crippen LogP contribution in [0.2, 0.25) is 0 Å². The number of ether oxygens (including phenoxy) is 4. The zero-order chi connectivity index (χ0) is 21.1. The van der Waals surface area contributed by atoms with Crippen LogP contribution in [0.5, 0.6) is 23.0 Å². The lowest BCUT2D eigenvalue weighted by molar-refractivity contribution is -0.119. The largest absolute Gasteiger partial charge is 0.493 e. The maximum Gasteiger partial charge on any atom is 0.220 e. The number of carbonyl (C=O) groups is 1. The molecule has 1 N–H and O–H groups in total. The lowest BCUT2D eigenvalue weighted by Crippen LogP contribution is -2.26. The van der Waals surface area contributed by atoms with Gasteiger partial charge < -0.3 is 24.3 Å². The van der Waals surface area contributed by atoms with Crippen molar-refractivity contribution in [2.45, 2.75) is 25.8 Å². The van der Waals surface area contributed by atoms with Gasteiger partial charge in [-0.25, -0.2) is 0 Å². The fourth-order valence-corrected chi connectivity index (χ4v) is 3.86. The van der Waals surface area contributed by atoms with Gasteiger partial charge in [0.2, 0.25) is 17.1 Å². The number of nitrogens with one attached hydrogen (secondary N) is 1. The summed E-state index contributed by atoms with van der Waals surface area (Å²) in [5, 5.41) is 2.96. The van der Waals surface area contributed by atoms with Crippen LogP contribution in [0.25, 0.3) is 11.1 Å². The highest BCUT2D eigenvalue weighted by atomic mass is 35.5. The molecule has 0 fully saturated rings. The van der Waals surface area contributed by atoms with Gasteiger partial charge in [0.25, 0.3) is 0 Å². The molecule has 3 rings (SSSR count). The zero-order valence-corrected chi connectivity index (χ0v) is 19.7. The topological polar surface area (TPSA) is 83.1 Å². The van der Waals surface area contributed by atoms with E-state index in [0.717, 1.165) is 16.7 Å². The number of halogens is 2. The molecule has 7 nitrogen and oxygen atoms in total. The van der Waals surface area contributed by atoms with Crippen LogP contribution in [0.15, 0.2) is 29.1 Å². The highest BCUT2D eigenvalue weighted by molar-refractivity contribution is 5.86. The van der Waals surface area contributed by atoms with Gasteiger partial charge in [0, 0.05) is 12.5 Å². The Balaban J connectivity index is 0.00000240. The maximum atomic E-state index is 12.6. The molecule has 0 spiro atoms. The monoisotopic (exact) mass is 471 g/mol. The Morgan fingerprint density at radius 1 is 0.935 bits per heavy atom. The van der Waals surface area contributed by atoms with E-state index in [0.29, 0.717) is 35.7 Å². The molecule has 1 aliphatic carbocycles. The first-order valence-corrected chi connectivity index (χ1v) is 9.26. The number of methoxy groups -OCH3 is 4. The molecular formula is C22H27Cl2NO6. The van der Waals surface area contributed by atoms with E-state index < -0.39 is 0 Å². The summed E-state index contributed by atoms with van der Waals surface area (Å²) in [5.41, 5.74) is 3.01. The fraction of sp³-hybridized carbons (Fsp3) is 0.364. The molecule has 0 aliphatic heterocycles. The summed E-state index contributed by atoms with van der Waals surface area (Å²) in [6.07, 6.45) is 1.27. The van der Waals surface area contributed by atoms with E-state index in [1.165, 1.54) is 20.1 Å². The van der Waals surface area contributed by atoms with E-state index in [1.54, 1.807) is 27.4 Å². The van der Waals surface area contributed by atoms with Crippen molar-refractivity contribution in [1.82, 2.24) is 5.32 Å². The first-order valence-electron chi connectivity index (χ1n) is 9.26. The molecule has 0 aromatic heterocycles. The lowest BCUT2D eigenvalue weighted by atomic mass is 9.95. The molecule has 1 atom stereocenters. The van der Waals surface area contributed by atoms with E-state index in [9.17, 15) is 9.59 Å². The Labute approximate surface area is 193 Å². The molecule has 0 saturated carbocycles. The highest BCUT2D eigenvalue weighted by Crippen LogP contribution is 2.50. The van der Waals surface area contributed by atoms with E-state index in [1.807, 2.05) is 12.1 Å².